The average molecular weight is 302 g/mol. The molecule has 2 N–H and O–H groups in total. The van der Waals surface area contributed by atoms with Crippen LogP contribution in [0.4, 0.5) is 0 Å². The lowest BCUT2D eigenvalue weighted by Crippen LogP contribution is -2.43. The quantitative estimate of drug-likeness (QED) is 0.360. The van der Waals surface area contributed by atoms with Crippen LogP contribution in [-0.2, 0) is 34.6 Å². The van der Waals surface area contributed by atoms with Crippen LogP contribution in [0.1, 0.15) is 19.3 Å². The molecule has 0 spiro atoms. The molecule has 0 saturated carbocycles. The van der Waals surface area contributed by atoms with Gasteiger partial charge in [0.1, 0.15) is 0 Å². The molecule has 18 heavy (non-hydrogen) atoms. The van der Waals surface area contributed by atoms with E-state index in [4.69, 9.17) is 9.11 Å². The number of rotatable bonds is 5. The van der Waals surface area contributed by atoms with Gasteiger partial charge in [-0.3, -0.25) is 13.9 Å². The molecule has 0 amide bonds. The summed E-state index contributed by atoms with van der Waals surface area (Å²) in [4.78, 5) is 22.2. The average Bonchev–Trinajstić information content (AvgIpc) is 2.39. The van der Waals surface area contributed by atoms with Gasteiger partial charge >= 0.3 is 11.9 Å². The van der Waals surface area contributed by atoms with E-state index in [9.17, 15) is 26.4 Å². The SMILES string of the molecule is O=C1CC(CCCS(=O)(=O)O)(S(=O)(=O)O)C(=O)O1. The fraction of sp³-hybridized carbons (Fsp3) is 0.714. The molecule has 1 fully saturated rings. The van der Waals surface area contributed by atoms with Gasteiger partial charge < -0.3 is 4.74 Å². The molecule has 104 valence electrons. The van der Waals surface area contributed by atoms with Gasteiger partial charge in [0.05, 0.1) is 12.2 Å². The molecule has 0 bridgehead atoms. The lowest BCUT2D eigenvalue weighted by Gasteiger charge is -2.19. The molecule has 0 radical (unpaired) electrons. The number of ether oxygens (including phenoxy) is 1. The monoisotopic (exact) mass is 302 g/mol. The van der Waals surface area contributed by atoms with Crippen molar-refractivity contribution >= 4 is 32.2 Å². The number of carbonyl (C=O) groups excluding carboxylic acids is 2. The summed E-state index contributed by atoms with van der Waals surface area (Å²) in [6.07, 6.45) is -1.95. The highest BCUT2D eigenvalue weighted by atomic mass is 32.2. The van der Waals surface area contributed by atoms with Crippen LogP contribution >= 0.6 is 0 Å². The number of hydrogen-bond acceptors (Lipinski definition) is 7. The smallest absolute Gasteiger partial charge is 0.338 e. The minimum atomic E-state index is -4.94. The number of hydrogen-bond donors (Lipinski definition) is 2. The highest BCUT2D eigenvalue weighted by Crippen LogP contribution is 2.34. The van der Waals surface area contributed by atoms with Gasteiger partial charge in [0, 0.05) is 0 Å². The Balaban J connectivity index is 2.96. The number of carbonyl (C=O) groups is 2. The Labute approximate surface area is 103 Å². The first kappa shape index (κ1) is 15.0. The predicted molar refractivity (Wildman–Crippen MR) is 55.6 cm³/mol. The molecular weight excluding hydrogens is 292 g/mol. The third kappa shape index (κ3) is 3.04. The van der Waals surface area contributed by atoms with Gasteiger partial charge in [0.25, 0.3) is 20.2 Å². The van der Waals surface area contributed by atoms with Crippen molar-refractivity contribution in [3.05, 3.63) is 0 Å². The van der Waals surface area contributed by atoms with E-state index in [1.54, 1.807) is 0 Å². The van der Waals surface area contributed by atoms with Crippen molar-refractivity contribution in [3.8, 4) is 0 Å². The van der Waals surface area contributed by atoms with Gasteiger partial charge in [-0.25, -0.2) is 4.79 Å². The molecule has 0 aromatic carbocycles. The normalized spacial score (nSPS) is 25.2. The van der Waals surface area contributed by atoms with Crippen LogP contribution in [0.25, 0.3) is 0 Å². The van der Waals surface area contributed by atoms with Gasteiger partial charge in [0.2, 0.25) is 4.75 Å². The molecule has 0 aromatic rings. The van der Waals surface area contributed by atoms with Crippen LogP contribution in [0.5, 0.6) is 0 Å². The van der Waals surface area contributed by atoms with Crippen LogP contribution in [0.15, 0.2) is 0 Å². The third-order valence-corrected chi connectivity index (χ3v) is 4.79. The van der Waals surface area contributed by atoms with Crippen molar-refractivity contribution < 1.29 is 40.3 Å². The van der Waals surface area contributed by atoms with Crippen molar-refractivity contribution in [2.75, 3.05) is 5.75 Å². The standard InChI is InChI=1S/C7H10O9S2/c8-5-4-7(6(9)16-5,18(13,14)15)2-1-3-17(10,11)12/h1-4H2,(H,10,11,12)(H,13,14,15). The Bertz CT molecular complexity index is 572. The van der Waals surface area contributed by atoms with Crippen LogP contribution in [0.2, 0.25) is 0 Å². The Kier molecular flexibility index (Phi) is 3.81. The lowest BCUT2D eigenvalue weighted by atomic mass is 10.0. The maximum atomic E-state index is 11.3. The van der Waals surface area contributed by atoms with Crippen LogP contribution < -0.4 is 0 Å². The largest absolute Gasteiger partial charge is 0.392 e. The molecule has 1 atom stereocenters. The Hall–Kier alpha value is -1.04. The molecule has 1 aliphatic heterocycles. The van der Waals surface area contributed by atoms with Gasteiger partial charge in [-0.2, -0.15) is 16.8 Å². The van der Waals surface area contributed by atoms with E-state index < -0.39 is 61.9 Å². The van der Waals surface area contributed by atoms with Crippen molar-refractivity contribution in [2.45, 2.75) is 24.0 Å². The Morgan fingerprint density at radius 3 is 2.06 bits per heavy atom. The minimum absolute atomic E-state index is 0.430. The molecule has 9 nitrogen and oxygen atoms in total. The first-order chi connectivity index (χ1) is 7.98. The molecule has 11 heteroatoms. The molecule has 1 unspecified atom stereocenters. The van der Waals surface area contributed by atoms with Gasteiger partial charge in [-0.05, 0) is 12.8 Å². The highest BCUT2D eigenvalue weighted by molar-refractivity contribution is 7.88. The number of cyclic esters (lactones) is 2. The first-order valence-electron chi connectivity index (χ1n) is 4.65. The molecule has 0 aromatic heterocycles. The molecule has 1 heterocycles. The predicted octanol–water partition coefficient (Wildman–Crippen LogP) is -1.25. The Morgan fingerprint density at radius 2 is 1.72 bits per heavy atom. The van der Waals surface area contributed by atoms with Crippen molar-refractivity contribution in [2.24, 2.45) is 0 Å². The zero-order chi connectivity index (χ0) is 14.2. The first-order valence-corrected chi connectivity index (χ1v) is 7.70. The minimum Gasteiger partial charge on any atom is -0.392 e. The summed E-state index contributed by atoms with van der Waals surface area (Å²) in [6, 6.07) is 0. The summed E-state index contributed by atoms with van der Waals surface area (Å²) in [5.74, 6) is -3.36. The van der Waals surface area contributed by atoms with Crippen LogP contribution in [0, 0.1) is 0 Å². The zero-order valence-electron chi connectivity index (χ0n) is 8.90. The highest BCUT2D eigenvalue weighted by Gasteiger charge is 2.58. The van der Waals surface area contributed by atoms with Crippen LogP contribution in [0.3, 0.4) is 0 Å². The van der Waals surface area contributed by atoms with E-state index in [0.717, 1.165) is 0 Å². The summed E-state index contributed by atoms with van der Waals surface area (Å²) in [6.45, 7) is 0. The fourth-order valence-electron chi connectivity index (χ4n) is 1.59. The fourth-order valence-corrected chi connectivity index (χ4v) is 3.06. The van der Waals surface area contributed by atoms with E-state index in [-0.39, 0.29) is 0 Å². The summed E-state index contributed by atoms with van der Waals surface area (Å²) >= 11 is 0. The van der Waals surface area contributed by atoms with E-state index in [2.05, 4.69) is 4.74 Å². The summed E-state index contributed by atoms with van der Waals surface area (Å²) in [5.41, 5.74) is 0. The van der Waals surface area contributed by atoms with Crippen LogP contribution in [-0.4, -0.2) is 48.4 Å². The van der Waals surface area contributed by atoms with E-state index >= 15 is 0 Å². The van der Waals surface area contributed by atoms with E-state index in [1.807, 2.05) is 0 Å². The van der Waals surface area contributed by atoms with Crippen molar-refractivity contribution in [3.63, 3.8) is 0 Å². The lowest BCUT2D eigenvalue weighted by molar-refractivity contribution is -0.152. The maximum absolute atomic E-state index is 11.3. The molecule has 1 aliphatic rings. The third-order valence-electron chi connectivity index (χ3n) is 2.49. The molecule has 1 saturated heterocycles. The second-order valence-corrected chi connectivity index (χ2v) is 7.10. The number of esters is 2. The molecule has 1 rings (SSSR count). The molecular formula is C7H10O9S2. The van der Waals surface area contributed by atoms with Gasteiger partial charge in [0.15, 0.2) is 0 Å². The summed E-state index contributed by atoms with van der Waals surface area (Å²) in [7, 11) is -9.27. The van der Waals surface area contributed by atoms with Gasteiger partial charge in [-0.15, -0.1) is 0 Å². The van der Waals surface area contributed by atoms with E-state index in [0.29, 0.717) is 0 Å². The zero-order valence-corrected chi connectivity index (χ0v) is 10.5. The van der Waals surface area contributed by atoms with Crippen molar-refractivity contribution in [1.29, 1.82) is 0 Å². The second kappa shape index (κ2) is 4.57. The van der Waals surface area contributed by atoms with Gasteiger partial charge in [-0.1, -0.05) is 0 Å². The van der Waals surface area contributed by atoms with Crippen molar-refractivity contribution in [1.82, 2.24) is 0 Å². The summed E-state index contributed by atoms with van der Waals surface area (Å²) in [5, 5.41) is 0. The molecule has 0 aliphatic carbocycles. The topological polar surface area (TPSA) is 152 Å². The Morgan fingerprint density at radius 1 is 1.17 bits per heavy atom. The summed E-state index contributed by atoms with van der Waals surface area (Å²) < 4.78 is 62.3. The van der Waals surface area contributed by atoms with E-state index in [1.165, 1.54) is 0 Å². The maximum Gasteiger partial charge on any atom is 0.338 e. The second-order valence-electron chi connectivity index (χ2n) is 3.80.